The van der Waals surface area contributed by atoms with Gasteiger partial charge >= 0.3 is 6.09 Å². The standard InChI is InChI=1S/C64H75ClFN9O11S/c1-38(40-13-15-41(16-14-40)56-39(2)67-37-87-56)68-59(79)51-33-45(77)35-75(51)60(80)57(63(3,4)5)70-52(78)36-84-28-27-82-25-26-83-29-30-85-46-19-17-43(18-20-46)69-61-71-55-49(58(72-61)73-21-23-74(24-22-73)62(81)86-64(6,7)8)34-50(65)53(54(55)66)48-32-44(76)31-42-11-9-10-12-47(42)48/h9-20,31-32,34,37-38,45,51,57,76-77H,21-30,33,35-36H2,1-8H3,(H,68,79)(H,70,78)(H,69,71,72)/t38?,45-,51+,57?/m1/s1. The van der Waals surface area contributed by atoms with Gasteiger partial charge in [-0.1, -0.05) is 80.9 Å². The number of piperazine rings is 1. The number of fused-ring (bicyclic) bond motifs is 2. The Kier molecular flexibility index (Phi) is 20.5. The first-order valence-electron chi connectivity index (χ1n) is 29.0. The monoisotopic (exact) mass is 1230 g/mol. The summed E-state index contributed by atoms with van der Waals surface area (Å²) in [6, 6.07) is 24.7. The van der Waals surface area contributed by atoms with Crippen LogP contribution < -0.4 is 25.6 Å². The predicted molar refractivity (Wildman–Crippen MR) is 333 cm³/mol. The highest BCUT2D eigenvalue weighted by Gasteiger charge is 2.45. The topological polar surface area (TPSA) is 239 Å². The first-order chi connectivity index (χ1) is 41.5. The van der Waals surface area contributed by atoms with Crippen LogP contribution in [0.15, 0.2) is 96.5 Å². The van der Waals surface area contributed by atoms with E-state index in [2.05, 4.69) is 20.9 Å². The third kappa shape index (κ3) is 16.1. The van der Waals surface area contributed by atoms with Gasteiger partial charge < -0.3 is 64.5 Å². The van der Waals surface area contributed by atoms with Gasteiger partial charge in [-0.15, -0.1) is 11.3 Å². The molecule has 87 heavy (non-hydrogen) atoms. The van der Waals surface area contributed by atoms with Crippen molar-refractivity contribution in [3.8, 4) is 33.1 Å². The second-order valence-electron chi connectivity index (χ2n) is 23.6. The number of aromatic nitrogens is 3. The second kappa shape index (κ2) is 28.0. The minimum atomic E-state index is -1.01. The third-order valence-corrected chi connectivity index (χ3v) is 16.1. The Bertz CT molecular complexity index is 3570. The average Bonchev–Trinajstić information content (AvgIpc) is 1.70. The number of likely N-dealkylation sites (tertiary alicyclic amines) is 1. The quantitative estimate of drug-likeness (QED) is 0.0397. The molecule has 2 unspecified atom stereocenters. The van der Waals surface area contributed by atoms with Gasteiger partial charge in [0.2, 0.25) is 23.7 Å². The number of carbonyl (C=O) groups excluding carboxylic acids is 4. The van der Waals surface area contributed by atoms with Crippen LogP contribution >= 0.6 is 22.9 Å². The number of thiazole rings is 1. The Morgan fingerprint density at radius 1 is 0.828 bits per heavy atom. The minimum absolute atomic E-state index is 0.0103. The van der Waals surface area contributed by atoms with Gasteiger partial charge in [0.25, 0.3) is 0 Å². The van der Waals surface area contributed by atoms with Crippen molar-refractivity contribution in [2.45, 2.75) is 91.6 Å². The molecule has 4 atom stereocenters. The molecule has 9 rings (SSSR count). The van der Waals surface area contributed by atoms with Gasteiger partial charge in [-0.3, -0.25) is 14.4 Å². The molecule has 5 N–H and O–H groups in total. The summed E-state index contributed by atoms with van der Waals surface area (Å²) in [5.41, 5.74) is 4.37. The van der Waals surface area contributed by atoms with Crippen LogP contribution in [0.1, 0.15) is 72.2 Å². The lowest BCUT2D eigenvalue weighted by molar-refractivity contribution is -0.144. The number of nitrogens with zero attached hydrogens (tertiary/aromatic N) is 6. The summed E-state index contributed by atoms with van der Waals surface area (Å²) >= 11 is 8.51. The smallest absolute Gasteiger partial charge is 0.410 e. The molecule has 2 aliphatic rings. The molecule has 4 amide bonds. The van der Waals surface area contributed by atoms with Gasteiger partial charge in [0, 0.05) is 55.8 Å². The molecule has 0 spiro atoms. The number of nitrogens with one attached hydrogen (secondary N) is 3. The van der Waals surface area contributed by atoms with Gasteiger partial charge in [-0.05, 0) is 110 Å². The van der Waals surface area contributed by atoms with Crippen LogP contribution in [-0.2, 0) is 33.3 Å². The minimum Gasteiger partial charge on any atom is -0.508 e. The Labute approximate surface area is 514 Å². The first kappa shape index (κ1) is 63.8. The number of rotatable bonds is 22. The van der Waals surface area contributed by atoms with Gasteiger partial charge in [0.05, 0.1) is 66.3 Å². The molecule has 0 bridgehead atoms. The lowest BCUT2D eigenvalue weighted by Crippen LogP contribution is -2.58. The molecule has 23 heteroatoms. The van der Waals surface area contributed by atoms with E-state index in [1.807, 2.05) is 109 Å². The summed E-state index contributed by atoms with van der Waals surface area (Å²) in [5, 5.41) is 32.3. The molecule has 2 fully saturated rings. The number of β-amino-alcohol motifs (C(OH)–C–C–N with tert-alkyl or cyclic N) is 1. The number of halogens is 2. The van der Waals surface area contributed by atoms with E-state index in [0.717, 1.165) is 21.7 Å². The number of aryl methyl sites for hydroxylation is 1. The number of aromatic hydroxyl groups is 1. The molecule has 20 nitrogen and oxygen atoms in total. The Morgan fingerprint density at radius 3 is 2.17 bits per heavy atom. The number of anilines is 3. The second-order valence-corrected chi connectivity index (χ2v) is 24.9. The molecule has 2 saturated heterocycles. The largest absolute Gasteiger partial charge is 0.508 e. The van der Waals surface area contributed by atoms with E-state index in [0.29, 0.717) is 65.2 Å². The summed E-state index contributed by atoms with van der Waals surface area (Å²) in [4.78, 5) is 73.8. The Hall–Kier alpha value is -7.73. The van der Waals surface area contributed by atoms with E-state index in [1.165, 1.54) is 11.0 Å². The van der Waals surface area contributed by atoms with Crippen LogP contribution in [0.5, 0.6) is 11.5 Å². The predicted octanol–water partition coefficient (Wildman–Crippen LogP) is 9.98. The van der Waals surface area contributed by atoms with Crippen molar-refractivity contribution in [1.82, 2.24) is 35.4 Å². The number of hydrogen-bond acceptors (Lipinski definition) is 17. The number of aliphatic hydroxyl groups is 1. The highest BCUT2D eigenvalue weighted by Crippen LogP contribution is 2.43. The SMILES string of the molecule is Cc1ncsc1-c1ccc(C(C)NC(=O)[C@@H]2C[C@@H](O)CN2C(=O)C(NC(=O)COCCOCCOCCOc2ccc(Nc3nc(N4CCN(C(=O)OC(C)(C)C)CC4)c4cc(Cl)c(-c5cc(O)cc6ccccc56)c(F)c4n3)cc2)C(C)(C)C)cc1. The van der Waals surface area contributed by atoms with Gasteiger partial charge in [-0.2, -0.15) is 4.98 Å². The average molecular weight is 1230 g/mol. The molecule has 0 aliphatic carbocycles. The van der Waals surface area contributed by atoms with Crippen molar-refractivity contribution in [3.63, 3.8) is 0 Å². The molecule has 0 radical (unpaired) electrons. The van der Waals surface area contributed by atoms with Crippen molar-refractivity contribution in [2.24, 2.45) is 5.41 Å². The number of phenols is 1. The van der Waals surface area contributed by atoms with Crippen molar-refractivity contribution in [3.05, 3.63) is 119 Å². The highest BCUT2D eigenvalue weighted by molar-refractivity contribution is 7.13. The number of aliphatic hydroxyl groups excluding tert-OH is 1. The summed E-state index contributed by atoms with van der Waals surface area (Å²) in [5.74, 6) is -1.00. The van der Waals surface area contributed by atoms with Gasteiger partial charge in [0.15, 0.2) is 5.82 Å². The van der Waals surface area contributed by atoms with Gasteiger partial charge in [-0.25, -0.2) is 19.2 Å². The number of benzene rings is 5. The van der Waals surface area contributed by atoms with Crippen LogP contribution in [0.2, 0.25) is 5.02 Å². The lowest BCUT2D eigenvalue weighted by atomic mass is 9.85. The normalized spacial score (nSPS) is 16.2. The lowest BCUT2D eigenvalue weighted by Gasteiger charge is -2.36. The Morgan fingerprint density at radius 2 is 1.51 bits per heavy atom. The number of ether oxygens (including phenoxy) is 5. The van der Waals surface area contributed by atoms with Crippen LogP contribution in [0.25, 0.3) is 43.2 Å². The van der Waals surface area contributed by atoms with Crippen LogP contribution in [0, 0.1) is 18.2 Å². The van der Waals surface area contributed by atoms with Crippen molar-refractivity contribution in [1.29, 1.82) is 0 Å². The summed E-state index contributed by atoms with van der Waals surface area (Å²) < 4.78 is 45.6. The van der Waals surface area contributed by atoms with E-state index in [9.17, 15) is 29.4 Å². The molecule has 2 aliphatic heterocycles. The molecule has 0 saturated carbocycles. The van der Waals surface area contributed by atoms with E-state index in [1.54, 1.807) is 58.1 Å². The zero-order valence-electron chi connectivity index (χ0n) is 50.2. The summed E-state index contributed by atoms with van der Waals surface area (Å²) in [7, 11) is 0. The van der Waals surface area contributed by atoms with Crippen molar-refractivity contribution < 1.29 is 57.5 Å². The van der Waals surface area contributed by atoms with Crippen molar-refractivity contribution in [2.75, 3.05) is 89.2 Å². The van der Waals surface area contributed by atoms with Crippen LogP contribution in [0.3, 0.4) is 0 Å². The number of hydrogen-bond donors (Lipinski definition) is 5. The molecular weight excluding hydrogens is 1160 g/mol. The van der Waals surface area contributed by atoms with Crippen LogP contribution in [-0.4, -0.2) is 162 Å². The third-order valence-electron chi connectivity index (χ3n) is 14.9. The fraction of sp³-hybridized carbons (Fsp3) is 0.422. The summed E-state index contributed by atoms with van der Waals surface area (Å²) in [6.07, 6.45) is -1.26. The fourth-order valence-corrected chi connectivity index (χ4v) is 11.6. The maximum atomic E-state index is 17.2. The summed E-state index contributed by atoms with van der Waals surface area (Å²) in [6.45, 7) is 17.1. The van der Waals surface area contributed by atoms with E-state index in [4.69, 9.17) is 45.3 Å². The van der Waals surface area contributed by atoms with Crippen molar-refractivity contribution >= 4 is 85.9 Å². The maximum absolute atomic E-state index is 17.2. The number of carbonyl (C=O) groups is 4. The van der Waals surface area contributed by atoms with E-state index >= 15 is 4.39 Å². The zero-order valence-corrected chi connectivity index (χ0v) is 51.7. The molecule has 2 aromatic heterocycles. The van der Waals surface area contributed by atoms with E-state index < -0.39 is 58.8 Å². The number of amides is 4. The number of phenolic OH excluding ortho intramolecular Hbond substituents is 1. The molecule has 5 aromatic carbocycles. The molecular formula is C64H75ClFN9O11S. The molecule has 4 heterocycles. The highest BCUT2D eigenvalue weighted by atomic mass is 35.5. The maximum Gasteiger partial charge on any atom is 0.410 e. The van der Waals surface area contributed by atoms with E-state index in [-0.39, 0.29) is 93.1 Å². The fourth-order valence-electron chi connectivity index (χ4n) is 10.5. The Balaban J connectivity index is 0.716. The van der Waals surface area contributed by atoms with Gasteiger partial charge in [0.1, 0.15) is 53.7 Å². The molecule has 7 aromatic rings. The first-order valence-corrected chi connectivity index (χ1v) is 30.2. The molecule has 462 valence electrons. The zero-order chi connectivity index (χ0) is 62.2. The van der Waals surface area contributed by atoms with Crippen LogP contribution in [0.4, 0.5) is 26.6 Å².